The first-order valence-corrected chi connectivity index (χ1v) is 5.30. The van der Waals surface area contributed by atoms with Gasteiger partial charge < -0.3 is 5.32 Å². The molecule has 0 aliphatic rings. The molecule has 15 heavy (non-hydrogen) atoms. The van der Waals surface area contributed by atoms with E-state index in [1.807, 2.05) is 0 Å². The number of anilines is 1. The molecule has 0 radical (unpaired) electrons. The van der Waals surface area contributed by atoms with E-state index in [0.29, 0.717) is 17.5 Å². The molecule has 1 rings (SSSR count). The maximum atomic E-state index is 8.76. The molecule has 1 N–H and O–H groups in total. The Morgan fingerprint density at radius 1 is 1.53 bits per heavy atom. The van der Waals surface area contributed by atoms with Gasteiger partial charge in [-0.3, -0.25) is 0 Å². The van der Waals surface area contributed by atoms with Gasteiger partial charge in [-0.25, -0.2) is 4.98 Å². The Labute approximate surface area is 91.1 Å². The van der Waals surface area contributed by atoms with Gasteiger partial charge in [0.25, 0.3) is 0 Å². The predicted molar refractivity (Wildman–Crippen MR) is 61.5 cm³/mol. The van der Waals surface area contributed by atoms with E-state index >= 15 is 0 Å². The van der Waals surface area contributed by atoms with E-state index in [9.17, 15) is 0 Å². The topological polar surface area (TPSA) is 48.7 Å². The van der Waals surface area contributed by atoms with Crippen LogP contribution in [0.3, 0.4) is 0 Å². The summed E-state index contributed by atoms with van der Waals surface area (Å²) in [4.78, 5) is 4.20. The quantitative estimate of drug-likeness (QED) is 0.818. The molecule has 0 saturated heterocycles. The van der Waals surface area contributed by atoms with Crippen LogP contribution < -0.4 is 5.32 Å². The fourth-order valence-corrected chi connectivity index (χ4v) is 1.51. The van der Waals surface area contributed by atoms with Crippen molar-refractivity contribution in [2.45, 2.75) is 33.2 Å². The summed E-state index contributed by atoms with van der Waals surface area (Å²) >= 11 is 0. The summed E-state index contributed by atoms with van der Waals surface area (Å²) in [6, 6.07) is 6.01. The maximum Gasteiger partial charge on any atom is 0.127 e. The third-order valence-corrected chi connectivity index (χ3v) is 2.47. The summed E-state index contributed by atoms with van der Waals surface area (Å²) in [6.45, 7) is 6.50. The molecule has 0 aromatic carbocycles. The molecule has 1 unspecified atom stereocenters. The van der Waals surface area contributed by atoms with Gasteiger partial charge in [0.05, 0.1) is 11.6 Å². The molecule has 80 valence electrons. The second-order valence-electron chi connectivity index (χ2n) is 3.94. The Morgan fingerprint density at radius 3 is 2.80 bits per heavy atom. The molecule has 0 fully saturated rings. The van der Waals surface area contributed by atoms with Crippen LogP contribution in [0.5, 0.6) is 0 Å². The van der Waals surface area contributed by atoms with E-state index < -0.39 is 0 Å². The zero-order chi connectivity index (χ0) is 11.3. The van der Waals surface area contributed by atoms with Crippen LogP contribution in [-0.4, -0.2) is 11.0 Å². The van der Waals surface area contributed by atoms with Crippen molar-refractivity contribution in [2.24, 2.45) is 5.92 Å². The molecule has 0 saturated carbocycles. The Balaban J connectivity index is 2.75. The Bertz CT molecular complexity index is 352. The smallest absolute Gasteiger partial charge is 0.127 e. The van der Waals surface area contributed by atoms with Gasteiger partial charge in [0.1, 0.15) is 5.82 Å². The van der Waals surface area contributed by atoms with Crippen molar-refractivity contribution in [3.8, 4) is 6.07 Å². The van der Waals surface area contributed by atoms with E-state index in [-0.39, 0.29) is 0 Å². The highest BCUT2D eigenvalue weighted by Gasteiger charge is 2.10. The number of nitrogens with one attached hydrogen (secondary N) is 1. The Morgan fingerprint density at radius 2 is 2.27 bits per heavy atom. The normalized spacial score (nSPS) is 12.2. The minimum atomic E-state index is 0.409. The molecule has 3 nitrogen and oxygen atoms in total. The van der Waals surface area contributed by atoms with E-state index in [0.717, 1.165) is 12.2 Å². The van der Waals surface area contributed by atoms with Crippen LogP contribution in [-0.2, 0) is 0 Å². The average molecular weight is 203 g/mol. The van der Waals surface area contributed by atoms with Gasteiger partial charge in [-0.2, -0.15) is 5.26 Å². The van der Waals surface area contributed by atoms with E-state index in [1.165, 1.54) is 0 Å². The molecule has 0 bridgehead atoms. The van der Waals surface area contributed by atoms with Crippen molar-refractivity contribution in [3.05, 3.63) is 23.9 Å². The van der Waals surface area contributed by atoms with Crippen molar-refractivity contribution < 1.29 is 0 Å². The van der Waals surface area contributed by atoms with Crippen molar-refractivity contribution in [3.63, 3.8) is 0 Å². The molecule has 3 heteroatoms. The van der Waals surface area contributed by atoms with Crippen LogP contribution in [0.1, 0.15) is 32.8 Å². The average Bonchev–Trinajstić information content (AvgIpc) is 2.25. The van der Waals surface area contributed by atoms with Crippen LogP contribution in [0.2, 0.25) is 0 Å². The molecule has 0 aliphatic carbocycles. The molecule has 1 heterocycles. The first-order valence-electron chi connectivity index (χ1n) is 5.30. The van der Waals surface area contributed by atoms with Gasteiger partial charge >= 0.3 is 0 Å². The number of aromatic nitrogens is 1. The van der Waals surface area contributed by atoms with E-state index in [1.54, 1.807) is 18.3 Å². The van der Waals surface area contributed by atoms with Crippen LogP contribution in [0.15, 0.2) is 18.3 Å². The van der Waals surface area contributed by atoms with Gasteiger partial charge in [0.15, 0.2) is 0 Å². The lowest BCUT2D eigenvalue weighted by Gasteiger charge is -2.21. The summed E-state index contributed by atoms with van der Waals surface area (Å²) in [7, 11) is 0. The number of nitriles is 1. The predicted octanol–water partition coefficient (Wildman–Crippen LogP) is 2.80. The summed E-state index contributed by atoms with van der Waals surface area (Å²) in [5, 5.41) is 12.1. The monoisotopic (exact) mass is 203 g/mol. The van der Waals surface area contributed by atoms with Crippen molar-refractivity contribution in [2.75, 3.05) is 5.32 Å². The van der Waals surface area contributed by atoms with Crippen LogP contribution in [0, 0.1) is 17.2 Å². The van der Waals surface area contributed by atoms with Gasteiger partial charge in [0.2, 0.25) is 0 Å². The van der Waals surface area contributed by atoms with Crippen molar-refractivity contribution in [1.29, 1.82) is 5.26 Å². The second kappa shape index (κ2) is 5.35. The van der Waals surface area contributed by atoms with E-state index in [2.05, 4.69) is 37.1 Å². The molecular weight excluding hydrogens is 186 g/mol. The minimum Gasteiger partial charge on any atom is -0.367 e. The summed E-state index contributed by atoms with van der Waals surface area (Å²) in [5.74, 6) is 1.34. The third kappa shape index (κ3) is 3.25. The molecule has 0 amide bonds. The Hall–Kier alpha value is -1.56. The van der Waals surface area contributed by atoms with Crippen molar-refractivity contribution >= 4 is 5.82 Å². The number of hydrogen-bond donors (Lipinski definition) is 1. The fourth-order valence-electron chi connectivity index (χ4n) is 1.51. The molecule has 0 aliphatic heterocycles. The number of nitrogens with zero attached hydrogens (tertiary/aromatic N) is 2. The lowest BCUT2D eigenvalue weighted by molar-refractivity contribution is 0.510. The highest BCUT2D eigenvalue weighted by molar-refractivity contribution is 5.43. The number of pyridine rings is 1. The number of rotatable bonds is 4. The van der Waals surface area contributed by atoms with Crippen LogP contribution in [0.4, 0.5) is 5.82 Å². The third-order valence-electron chi connectivity index (χ3n) is 2.47. The summed E-state index contributed by atoms with van der Waals surface area (Å²) < 4.78 is 0. The van der Waals surface area contributed by atoms with E-state index in [4.69, 9.17) is 5.26 Å². The maximum absolute atomic E-state index is 8.76. The summed E-state index contributed by atoms with van der Waals surface area (Å²) in [5.41, 5.74) is 0.645. The molecule has 1 aromatic rings. The lowest BCUT2D eigenvalue weighted by Crippen LogP contribution is -2.25. The second-order valence-corrected chi connectivity index (χ2v) is 3.94. The SMILES string of the molecule is CCC(Nc1cc(C#N)ccn1)C(C)C. The highest BCUT2D eigenvalue weighted by atomic mass is 15.0. The largest absolute Gasteiger partial charge is 0.367 e. The molecule has 1 aromatic heterocycles. The minimum absolute atomic E-state index is 0.409. The molecule has 0 spiro atoms. The Kier molecular flexibility index (Phi) is 4.11. The first kappa shape index (κ1) is 11.5. The van der Waals surface area contributed by atoms with Gasteiger partial charge in [0, 0.05) is 12.2 Å². The van der Waals surface area contributed by atoms with Crippen LogP contribution >= 0.6 is 0 Å². The zero-order valence-electron chi connectivity index (χ0n) is 9.49. The lowest BCUT2D eigenvalue weighted by atomic mass is 10.0. The molecule has 1 atom stereocenters. The fraction of sp³-hybridized carbons (Fsp3) is 0.500. The first-order chi connectivity index (χ1) is 7.17. The highest BCUT2D eigenvalue weighted by Crippen LogP contribution is 2.13. The summed E-state index contributed by atoms with van der Waals surface area (Å²) in [6.07, 6.45) is 2.71. The van der Waals surface area contributed by atoms with Gasteiger partial charge in [-0.1, -0.05) is 20.8 Å². The van der Waals surface area contributed by atoms with Gasteiger partial charge in [-0.15, -0.1) is 0 Å². The van der Waals surface area contributed by atoms with Crippen LogP contribution in [0.25, 0.3) is 0 Å². The zero-order valence-corrected chi connectivity index (χ0v) is 9.49. The van der Waals surface area contributed by atoms with Gasteiger partial charge in [-0.05, 0) is 24.5 Å². The van der Waals surface area contributed by atoms with Crippen molar-refractivity contribution in [1.82, 2.24) is 4.98 Å². The molecular formula is C12H17N3. The standard InChI is InChI=1S/C12H17N3/c1-4-11(9(2)3)15-12-7-10(8-13)5-6-14-12/h5-7,9,11H,4H2,1-3H3,(H,14,15). The number of hydrogen-bond acceptors (Lipinski definition) is 3.